The summed E-state index contributed by atoms with van der Waals surface area (Å²) in [6, 6.07) is 18.8. The number of amides is 4. The lowest BCUT2D eigenvalue weighted by Gasteiger charge is -2.25. The van der Waals surface area contributed by atoms with Gasteiger partial charge in [0.1, 0.15) is 5.92 Å². The van der Waals surface area contributed by atoms with Gasteiger partial charge in [0, 0.05) is 11.5 Å². The smallest absolute Gasteiger partial charge is 0.244 e. The van der Waals surface area contributed by atoms with E-state index < -0.39 is 53.3 Å². The largest absolute Gasteiger partial charge is 0.346 e. The minimum Gasteiger partial charge on any atom is -0.346 e. The SMILES string of the molecule is CC(C)[C@H](NC(=O)C[C@H](NC(=O)/C=C/c1ccc2ccccc2n1)c1ccccc1)C(=O)[C@@H]1C(=O)NC(=O)[C@H]1C. The molecule has 0 unspecified atom stereocenters. The van der Waals surface area contributed by atoms with Crippen LogP contribution in [0.2, 0.25) is 0 Å². The van der Waals surface area contributed by atoms with Crippen LogP contribution in [0.15, 0.2) is 72.8 Å². The van der Waals surface area contributed by atoms with Crippen molar-refractivity contribution < 1.29 is 24.0 Å². The molecular formula is C31H32N4O5. The molecule has 1 fully saturated rings. The summed E-state index contributed by atoms with van der Waals surface area (Å²) in [5.41, 5.74) is 2.14. The lowest BCUT2D eigenvalue weighted by Crippen LogP contribution is -2.49. The molecule has 1 aromatic heterocycles. The highest BCUT2D eigenvalue weighted by Crippen LogP contribution is 2.24. The summed E-state index contributed by atoms with van der Waals surface area (Å²) in [4.78, 5) is 67.9. The van der Waals surface area contributed by atoms with Crippen molar-refractivity contribution in [2.45, 2.75) is 39.3 Å². The average Bonchev–Trinajstić information content (AvgIpc) is 3.20. The quantitative estimate of drug-likeness (QED) is 0.206. The van der Waals surface area contributed by atoms with E-state index in [4.69, 9.17) is 0 Å². The van der Waals surface area contributed by atoms with Crippen LogP contribution >= 0.6 is 0 Å². The van der Waals surface area contributed by atoms with Gasteiger partial charge in [-0.05, 0) is 29.7 Å². The van der Waals surface area contributed by atoms with E-state index in [1.807, 2.05) is 42.5 Å². The van der Waals surface area contributed by atoms with E-state index in [1.165, 1.54) is 13.0 Å². The van der Waals surface area contributed by atoms with E-state index in [1.54, 1.807) is 44.2 Å². The number of Topliss-reactive ketones (excluding diaryl/α,β-unsaturated/α-hetero) is 1. The molecule has 0 saturated carbocycles. The molecule has 9 nitrogen and oxygen atoms in total. The molecule has 2 aromatic carbocycles. The predicted molar refractivity (Wildman–Crippen MR) is 150 cm³/mol. The second-order valence-electron chi connectivity index (χ2n) is 10.2. The van der Waals surface area contributed by atoms with Crippen molar-refractivity contribution in [1.29, 1.82) is 0 Å². The normalized spacial score (nSPS) is 18.5. The Kier molecular flexibility index (Phi) is 8.83. The number of fused-ring (bicyclic) bond motifs is 1. The summed E-state index contributed by atoms with van der Waals surface area (Å²) in [5.74, 6) is -4.83. The zero-order chi connectivity index (χ0) is 28.8. The first kappa shape index (κ1) is 28.4. The van der Waals surface area contributed by atoms with E-state index in [0.29, 0.717) is 11.3 Å². The highest BCUT2D eigenvalue weighted by Gasteiger charge is 2.46. The van der Waals surface area contributed by atoms with Crippen LogP contribution in [0.3, 0.4) is 0 Å². The van der Waals surface area contributed by atoms with Crippen LogP contribution in [0.1, 0.15) is 44.5 Å². The van der Waals surface area contributed by atoms with Gasteiger partial charge in [0.15, 0.2) is 5.78 Å². The average molecular weight is 541 g/mol. The molecule has 4 atom stereocenters. The van der Waals surface area contributed by atoms with E-state index in [9.17, 15) is 24.0 Å². The third-order valence-electron chi connectivity index (χ3n) is 6.97. The second kappa shape index (κ2) is 12.5. The molecule has 40 heavy (non-hydrogen) atoms. The zero-order valence-corrected chi connectivity index (χ0v) is 22.6. The summed E-state index contributed by atoms with van der Waals surface area (Å²) in [6.07, 6.45) is 2.83. The number of pyridine rings is 1. The number of aromatic nitrogens is 1. The molecule has 2 heterocycles. The molecular weight excluding hydrogens is 508 g/mol. The van der Waals surface area contributed by atoms with E-state index in [2.05, 4.69) is 20.9 Å². The van der Waals surface area contributed by atoms with Gasteiger partial charge in [0.2, 0.25) is 23.6 Å². The summed E-state index contributed by atoms with van der Waals surface area (Å²) < 4.78 is 0. The lowest BCUT2D eigenvalue weighted by atomic mass is 9.85. The number of benzene rings is 2. The molecule has 9 heteroatoms. The minimum atomic E-state index is -1.15. The Morgan fingerprint density at radius 1 is 0.925 bits per heavy atom. The van der Waals surface area contributed by atoms with Crippen LogP contribution in [0, 0.1) is 17.8 Å². The number of nitrogens with one attached hydrogen (secondary N) is 3. The maximum Gasteiger partial charge on any atom is 0.244 e. The molecule has 206 valence electrons. The van der Waals surface area contributed by atoms with Gasteiger partial charge in [-0.25, -0.2) is 4.98 Å². The van der Waals surface area contributed by atoms with Crippen molar-refractivity contribution in [2.24, 2.45) is 17.8 Å². The summed E-state index contributed by atoms with van der Waals surface area (Å²) in [6.45, 7) is 5.03. The van der Waals surface area contributed by atoms with Gasteiger partial charge in [-0.3, -0.25) is 29.3 Å². The van der Waals surface area contributed by atoms with E-state index >= 15 is 0 Å². The third kappa shape index (κ3) is 6.66. The van der Waals surface area contributed by atoms with Gasteiger partial charge in [-0.1, -0.05) is 75.4 Å². The Labute approximate surface area is 232 Å². The Morgan fingerprint density at radius 3 is 2.30 bits per heavy atom. The maximum atomic E-state index is 13.2. The summed E-state index contributed by atoms with van der Waals surface area (Å²) in [7, 11) is 0. The zero-order valence-electron chi connectivity index (χ0n) is 22.6. The van der Waals surface area contributed by atoms with Crippen molar-refractivity contribution >= 4 is 46.4 Å². The number of rotatable bonds is 10. The number of hydrogen-bond donors (Lipinski definition) is 3. The maximum absolute atomic E-state index is 13.2. The summed E-state index contributed by atoms with van der Waals surface area (Å²) >= 11 is 0. The molecule has 4 amide bonds. The van der Waals surface area contributed by atoms with Crippen LogP contribution in [0.5, 0.6) is 0 Å². The molecule has 1 saturated heterocycles. The molecule has 1 aliphatic heterocycles. The molecule has 0 spiro atoms. The fraction of sp³-hybridized carbons (Fsp3) is 0.290. The number of nitrogens with zero attached hydrogens (tertiary/aromatic N) is 1. The van der Waals surface area contributed by atoms with Gasteiger partial charge in [0.05, 0.1) is 35.6 Å². The van der Waals surface area contributed by atoms with Crippen molar-refractivity contribution in [3.05, 3.63) is 84.1 Å². The molecule has 0 radical (unpaired) electrons. The Balaban J connectivity index is 1.46. The van der Waals surface area contributed by atoms with Gasteiger partial charge in [-0.2, -0.15) is 0 Å². The van der Waals surface area contributed by atoms with Gasteiger partial charge in [-0.15, -0.1) is 0 Å². The van der Waals surface area contributed by atoms with Gasteiger partial charge < -0.3 is 10.6 Å². The second-order valence-corrected chi connectivity index (χ2v) is 10.2. The molecule has 3 N–H and O–H groups in total. The third-order valence-corrected chi connectivity index (χ3v) is 6.97. The highest BCUT2D eigenvalue weighted by molar-refractivity contribution is 6.16. The summed E-state index contributed by atoms with van der Waals surface area (Å²) in [5, 5.41) is 8.78. The Bertz CT molecular complexity index is 1470. The fourth-order valence-corrected chi connectivity index (χ4v) is 4.74. The fourth-order valence-electron chi connectivity index (χ4n) is 4.74. The van der Waals surface area contributed by atoms with Crippen LogP contribution < -0.4 is 16.0 Å². The first-order chi connectivity index (χ1) is 19.1. The molecule has 1 aliphatic rings. The number of carbonyl (C=O) groups excluding carboxylic acids is 5. The van der Waals surface area contributed by atoms with Crippen molar-refractivity contribution in [3.8, 4) is 0 Å². The topological polar surface area (TPSA) is 134 Å². The number of ketones is 1. The number of carbonyl (C=O) groups is 5. The van der Waals surface area contributed by atoms with E-state index in [0.717, 1.165) is 10.9 Å². The monoisotopic (exact) mass is 540 g/mol. The highest BCUT2D eigenvalue weighted by atomic mass is 16.2. The molecule has 4 rings (SSSR count). The lowest BCUT2D eigenvalue weighted by molar-refractivity contribution is -0.137. The van der Waals surface area contributed by atoms with Gasteiger partial charge in [0.25, 0.3) is 0 Å². The van der Waals surface area contributed by atoms with Crippen molar-refractivity contribution in [2.75, 3.05) is 0 Å². The molecule has 0 aliphatic carbocycles. The Morgan fingerprint density at radius 2 is 1.62 bits per heavy atom. The minimum absolute atomic E-state index is 0.139. The number of imide groups is 1. The standard InChI is InChI=1S/C31H32N4O5/c1-18(2)28(29(38)27-19(3)30(39)35-31(27)40)34-26(37)17-24(20-9-5-4-6-10-20)33-25(36)16-15-22-14-13-21-11-7-8-12-23(21)32-22/h4-16,18-19,24,27-28H,17H2,1-3H3,(H,33,36)(H,34,37)(H,35,39,40)/b16-15+/t19-,24-,27+,28-/m0/s1. The first-order valence-corrected chi connectivity index (χ1v) is 13.2. The van der Waals surface area contributed by atoms with Crippen molar-refractivity contribution in [1.82, 2.24) is 20.9 Å². The van der Waals surface area contributed by atoms with Crippen LogP contribution in [0.25, 0.3) is 17.0 Å². The van der Waals surface area contributed by atoms with Crippen molar-refractivity contribution in [3.63, 3.8) is 0 Å². The number of hydrogen-bond acceptors (Lipinski definition) is 6. The predicted octanol–water partition coefficient (Wildman–Crippen LogP) is 3.11. The first-order valence-electron chi connectivity index (χ1n) is 13.2. The van der Waals surface area contributed by atoms with Crippen LogP contribution in [-0.2, 0) is 24.0 Å². The van der Waals surface area contributed by atoms with Crippen LogP contribution in [-0.4, -0.2) is 40.4 Å². The van der Waals surface area contributed by atoms with E-state index in [-0.39, 0.29) is 12.3 Å². The number of para-hydroxylation sites is 1. The molecule has 0 bridgehead atoms. The Hall–Kier alpha value is -4.66. The van der Waals surface area contributed by atoms with Crippen LogP contribution in [0.4, 0.5) is 0 Å². The molecule has 3 aromatic rings. The van der Waals surface area contributed by atoms with Gasteiger partial charge >= 0.3 is 0 Å².